The van der Waals surface area contributed by atoms with Crippen molar-refractivity contribution in [3.8, 4) is 0 Å². The van der Waals surface area contributed by atoms with E-state index >= 15 is 0 Å². The molecule has 0 aromatic heterocycles. The summed E-state index contributed by atoms with van der Waals surface area (Å²) >= 11 is 0. The fourth-order valence-electron chi connectivity index (χ4n) is 3.12. The van der Waals surface area contributed by atoms with Gasteiger partial charge < -0.3 is 10.2 Å². The number of piperazine rings is 1. The van der Waals surface area contributed by atoms with Gasteiger partial charge in [-0.25, -0.2) is 8.78 Å². The first-order chi connectivity index (χ1) is 14.0. The van der Waals surface area contributed by atoms with Gasteiger partial charge in [-0.1, -0.05) is 42.5 Å². The highest BCUT2D eigenvalue weighted by Crippen LogP contribution is 2.09. The molecule has 1 N–H and O–H groups in total. The molecule has 0 bridgehead atoms. The van der Waals surface area contributed by atoms with Gasteiger partial charge >= 0.3 is 0 Å². The molecule has 0 saturated carbocycles. The number of nitrogens with one attached hydrogen (secondary N) is 1. The average molecular weight is 399 g/mol. The highest BCUT2D eigenvalue weighted by Gasteiger charge is 2.21. The van der Waals surface area contributed by atoms with Crippen molar-refractivity contribution in [2.24, 2.45) is 0 Å². The Labute approximate surface area is 168 Å². The molecule has 29 heavy (non-hydrogen) atoms. The van der Waals surface area contributed by atoms with E-state index in [0.29, 0.717) is 19.2 Å². The van der Waals surface area contributed by atoms with E-state index in [1.54, 1.807) is 4.90 Å². The van der Waals surface area contributed by atoms with Crippen LogP contribution in [0.3, 0.4) is 0 Å². The maximum Gasteiger partial charge on any atom is 0.254 e. The van der Waals surface area contributed by atoms with Gasteiger partial charge in [-0.05, 0) is 17.7 Å². The molecule has 1 aliphatic heterocycles. The number of benzene rings is 2. The van der Waals surface area contributed by atoms with Crippen LogP contribution in [0.15, 0.2) is 54.6 Å². The van der Waals surface area contributed by atoms with Crippen LogP contribution in [0.25, 0.3) is 6.08 Å². The number of hydrogen-bond acceptors (Lipinski definition) is 3. The molecular formula is C22H23F2N3O2. The third-order valence-corrected chi connectivity index (χ3v) is 4.77. The van der Waals surface area contributed by atoms with Crippen LogP contribution in [0.5, 0.6) is 0 Å². The van der Waals surface area contributed by atoms with Crippen molar-refractivity contribution in [1.29, 1.82) is 0 Å². The Morgan fingerprint density at radius 2 is 1.72 bits per heavy atom. The van der Waals surface area contributed by atoms with Crippen molar-refractivity contribution in [3.63, 3.8) is 0 Å². The summed E-state index contributed by atoms with van der Waals surface area (Å²) in [6, 6.07) is 12.8. The van der Waals surface area contributed by atoms with E-state index in [2.05, 4.69) is 22.4 Å². The standard InChI is InChI=1S/C22H23F2N3O2/c23-18-8-9-19(20(24)15-18)22(29)25-16-21(28)27-13-11-26(12-14-27)10-4-7-17-5-2-1-3-6-17/h1-9,15H,10-14,16H2,(H,25,29)/b7-4+. The van der Waals surface area contributed by atoms with Crippen molar-refractivity contribution >= 4 is 17.9 Å². The Morgan fingerprint density at radius 1 is 1.00 bits per heavy atom. The maximum absolute atomic E-state index is 13.6. The minimum absolute atomic E-state index is 0.219. The lowest BCUT2D eigenvalue weighted by atomic mass is 10.2. The number of hydrogen-bond donors (Lipinski definition) is 1. The summed E-state index contributed by atoms with van der Waals surface area (Å²) < 4.78 is 26.5. The first-order valence-electron chi connectivity index (χ1n) is 9.48. The molecule has 1 fully saturated rings. The van der Waals surface area contributed by atoms with Crippen molar-refractivity contribution in [1.82, 2.24) is 15.1 Å². The van der Waals surface area contributed by atoms with E-state index in [0.717, 1.165) is 37.3 Å². The first kappa shape index (κ1) is 20.7. The molecule has 7 heteroatoms. The van der Waals surface area contributed by atoms with Gasteiger partial charge in [-0.2, -0.15) is 0 Å². The topological polar surface area (TPSA) is 52.7 Å². The molecule has 1 saturated heterocycles. The Hall–Kier alpha value is -3.06. The molecule has 1 aliphatic rings. The van der Waals surface area contributed by atoms with Gasteiger partial charge in [0.15, 0.2) is 0 Å². The van der Waals surface area contributed by atoms with E-state index in [4.69, 9.17) is 0 Å². The molecule has 2 aromatic carbocycles. The van der Waals surface area contributed by atoms with Gasteiger partial charge in [0.2, 0.25) is 5.91 Å². The lowest BCUT2D eigenvalue weighted by Gasteiger charge is -2.34. The minimum Gasteiger partial charge on any atom is -0.343 e. The van der Waals surface area contributed by atoms with Crippen molar-refractivity contribution in [2.75, 3.05) is 39.3 Å². The Bertz CT molecular complexity index is 879. The van der Waals surface area contributed by atoms with Crippen LogP contribution >= 0.6 is 0 Å². The Morgan fingerprint density at radius 3 is 2.41 bits per heavy atom. The monoisotopic (exact) mass is 399 g/mol. The highest BCUT2D eigenvalue weighted by molar-refractivity contribution is 5.96. The van der Waals surface area contributed by atoms with E-state index < -0.39 is 17.5 Å². The lowest BCUT2D eigenvalue weighted by molar-refractivity contribution is -0.131. The number of amides is 2. The summed E-state index contributed by atoms with van der Waals surface area (Å²) in [5.74, 6) is -2.67. The van der Waals surface area contributed by atoms with Gasteiger partial charge in [0.1, 0.15) is 11.6 Å². The lowest BCUT2D eigenvalue weighted by Crippen LogP contribution is -2.51. The molecule has 0 spiro atoms. The van der Waals surface area contributed by atoms with Crippen LogP contribution in [-0.2, 0) is 4.79 Å². The smallest absolute Gasteiger partial charge is 0.254 e. The Balaban J connectivity index is 1.40. The number of carbonyl (C=O) groups excluding carboxylic acids is 2. The summed E-state index contributed by atoms with van der Waals surface area (Å²) in [4.78, 5) is 28.2. The quantitative estimate of drug-likeness (QED) is 0.812. The molecule has 1 heterocycles. The fraction of sp³-hybridized carbons (Fsp3) is 0.273. The maximum atomic E-state index is 13.6. The van der Waals surface area contributed by atoms with E-state index in [9.17, 15) is 18.4 Å². The summed E-state index contributed by atoms with van der Waals surface area (Å²) in [6.45, 7) is 3.20. The zero-order valence-electron chi connectivity index (χ0n) is 16.0. The highest BCUT2D eigenvalue weighted by atomic mass is 19.1. The number of halogens is 2. The van der Waals surface area contributed by atoms with Crippen LogP contribution in [0.1, 0.15) is 15.9 Å². The van der Waals surface area contributed by atoms with Crippen LogP contribution in [0.4, 0.5) is 8.78 Å². The number of carbonyl (C=O) groups is 2. The van der Waals surface area contributed by atoms with Gasteiger partial charge in [-0.3, -0.25) is 14.5 Å². The summed E-state index contributed by atoms with van der Waals surface area (Å²) in [6.07, 6.45) is 4.17. The van der Waals surface area contributed by atoms with Crippen molar-refractivity contribution in [3.05, 3.63) is 77.4 Å². The molecule has 0 aliphatic carbocycles. The fourth-order valence-corrected chi connectivity index (χ4v) is 3.12. The Kier molecular flexibility index (Phi) is 7.08. The summed E-state index contributed by atoms with van der Waals surface area (Å²) in [5.41, 5.74) is 0.865. The van der Waals surface area contributed by atoms with Gasteiger partial charge in [-0.15, -0.1) is 0 Å². The van der Waals surface area contributed by atoms with Crippen LogP contribution in [0.2, 0.25) is 0 Å². The molecule has 5 nitrogen and oxygen atoms in total. The van der Waals surface area contributed by atoms with Crippen LogP contribution in [-0.4, -0.2) is 60.9 Å². The third kappa shape index (κ3) is 5.96. The van der Waals surface area contributed by atoms with E-state index in [-0.39, 0.29) is 18.0 Å². The third-order valence-electron chi connectivity index (χ3n) is 4.77. The predicted molar refractivity (Wildman–Crippen MR) is 107 cm³/mol. The second kappa shape index (κ2) is 9.93. The second-order valence-corrected chi connectivity index (χ2v) is 6.80. The number of rotatable bonds is 6. The largest absolute Gasteiger partial charge is 0.343 e. The van der Waals surface area contributed by atoms with Crippen molar-refractivity contribution in [2.45, 2.75) is 0 Å². The van der Waals surface area contributed by atoms with Gasteiger partial charge in [0.05, 0.1) is 12.1 Å². The van der Waals surface area contributed by atoms with Gasteiger partial charge in [0.25, 0.3) is 5.91 Å². The molecular weight excluding hydrogens is 376 g/mol. The first-order valence-corrected chi connectivity index (χ1v) is 9.48. The van der Waals surface area contributed by atoms with E-state index in [1.165, 1.54) is 0 Å². The molecule has 0 radical (unpaired) electrons. The molecule has 2 aromatic rings. The molecule has 0 unspecified atom stereocenters. The summed E-state index contributed by atoms with van der Waals surface area (Å²) in [7, 11) is 0. The number of nitrogens with zero attached hydrogens (tertiary/aromatic N) is 2. The second-order valence-electron chi connectivity index (χ2n) is 6.80. The molecule has 152 valence electrons. The summed E-state index contributed by atoms with van der Waals surface area (Å²) in [5, 5.41) is 2.40. The van der Waals surface area contributed by atoms with E-state index in [1.807, 2.05) is 30.3 Å². The van der Waals surface area contributed by atoms with Crippen LogP contribution < -0.4 is 5.32 Å². The van der Waals surface area contributed by atoms with Crippen molar-refractivity contribution < 1.29 is 18.4 Å². The molecule has 2 amide bonds. The predicted octanol–water partition coefficient (Wildman–Crippen LogP) is 2.55. The molecule has 3 rings (SSSR count). The zero-order chi connectivity index (χ0) is 20.6. The molecule has 0 atom stereocenters. The minimum atomic E-state index is -0.952. The van der Waals surface area contributed by atoms with Crippen LogP contribution in [0, 0.1) is 11.6 Å². The normalized spacial score (nSPS) is 14.9. The van der Waals surface area contributed by atoms with Gasteiger partial charge in [0, 0.05) is 38.8 Å². The average Bonchev–Trinajstić information content (AvgIpc) is 2.73. The SMILES string of the molecule is O=C(NCC(=O)N1CCN(C/C=C/c2ccccc2)CC1)c1ccc(F)cc1F. The zero-order valence-corrected chi connectivity index (χ0v) is 16.0.